The molecule has 74 valence electrons. The number of halogens is 1. The van der Waals surface area contributed by atoms with Gasteiger partial charge in [0.1, 0.15) is 0 Å². The van der Waals surface area contributed by atoms with Crippen LogP contribution in [0.4, 0.5) is 0 Å². The Balaban J connectivity index is 3.22. The second-order valence-electron chi connectivity index (χ2n) is 3.09. The molecule has 0 amide bonds. The van der Waals surface area contributed by atoms with Crippen LogP contribution in [0.5, 0.6) is 0 Å². The van der Waals surface area contributed by atoms with Crippen LogP contribution >= 0.6 is 11.6 Å². The van der Waals surface area contributed by atoms with E-state index in [2.05, 4.69) is 4.99 Å². The number of hydrogen-bond donors (Lipinski definition) is 0. The maximum Gasteiger partial charge on any atom is 0.0654 e. The molecule has 0 radical (unpaired) electrons. The third-order valence-electron chi connectivity index (χ3n) is 1.96. The van der Waals surface area contributed by atoms with Gasteiger partial charge < -0.3 is 0 Å². The standard InChI is InChI=1S/C12H14ClN/c1-4-5-12(14-3)10-8-9(2)6-7-11(10)13/h4-8H,1-3H3/b5-4-,14-12?. The fourth-order valence-electron chi connectivity index (χ4n) is 1.28. The molecular weight excluding hydrogens is 194 g/mol. The maximum atomic E-state index is 6.09. The highest BCUT2D eigenvalue weighted by atomic mass is 35.5. The lowest BCUT2D eigenvalue weighted by Gasteiger charge is -2.04. The summed E-state index contributed by atoms with van der Waals surface area (Å²) >= 11 is 6.09. The van der Waals surface area contributed by atoms with Crippen molar-refractivity contribution in [3.05, 3.63) is 46.5 Å². The minimum atomic E-state index is 0.745. The Labute approximate surface area is 90.1 Å². The van der Waals surface area contributed by atoms with Crippen LogP contribution in [0.2, 0.25) is 5.02 Å². The van der Waals surface area contributed by atoms with Gasteiger partial charge in [0, 0.05) is 17.6 Å². The van der Waals surface area contributed by atoms with Gasteiger partial charge in [0.05, 0.1) is 5.71 Å². The molecule has 0 aliphatic carbocycles. The smallest absolute Gasteiger partial charge is 0.0654 e. The lowest BCUT2D eigenvalue weighted by molar-refractivity contribution is 1.41. The molecule has 2 heteroatoms. The van der Waals surface area contributed by atoms with Gasteiger partial charge in [-0.2, -0.15) is 0 Å². The fraction of sp³-hybridized carbons (Fsp3) is 0.250. The summed E-state index contributed by atoms with van der Waals surface area (Å²) in [6.45, 7) is 4.01. The summed E-state index contributed by atoms with van der Waals surface area (Å²) in [4.78, 5) is 4.20. The van der Waals surface area contributed by atoms with Crippen molar-refractivity contribution in [1.82, 2.24) is 0 Å². The van der Waals surface area contributed by atoms with Crippen LogP contribution < -0.4 is 0 Å². The summed E-state index contributed by atoms with van der Waals surface area (Å²) < 4.78 is 0. The Hall–Kier alpha value is -1.08. The normalized spacial score (nSPS) is 12.4. The summed E-state index contributed by atoms with van der Waals surface area (Å²) in [7, 11) is 1.77. The first-order valence-electron chi connectivity index (χ1n) is 4.55. The van der Waals surface area contributed by atoms with E-state index in [0.29, 0.717) is 0 Å². The quantitative estimate of drug-likeness (QED) is 0.657. The topological polar surface area (TPSA) is 12.4 Å². The maximum absolute atomic E-state index is 6.09. The molecule has 0 aromatic heterocycles. The number of hydrogen-bond acceptors (Lipinski definition) is 1. The van der Waals surface area contributed by atoms with Crippen LogP contribution in [0.3, 0.4) is 0 Å². The van der Waals surface area contributed by atoms with Gasteiger partial charge >= 0.3 is 0 Å². The van der Waals surface area contributed by atoms with Crippen molar-refractivity contribution < 1.29 is 0 Å². The number of benzene rings is 1. The first kappa shape index (κ1) is 11.0. The molecule has 1 nitrogen and oxygen atoms in total. The van der Waals surface area contributed by atoms with Gasteiger partial charge in [-0.25, -0.2) is 0 Å². The summed E-state index contributed by atoms with van der Waals surface area (Å²) in [5.74, 6) is 0. The average Bonchev–Trinajstić information content (AvgIpc) is 2.18. The highest BCUT2D eigenvalue weighted by Gasteiger charge is 2.04. The number of aryl methyl sites for hydroxylation is 1. The van der Waals surface area contributed by atoms with Gasteiger partial charge in [-0.05, 0) is 32.1 Å². The van der Waals surface area contributed by atoms with Crippen LogP contribution in [0.15, 0.2) is 35.3 Å². The van der Waals surface area contributed by atoms with Gasteiger partial charge in [-0.15, -0.1) is 0 Å². The Bertz CT molecular complexity index is 378. The van der Waals surface area contributed by atoms with E-state index in [1.54, 1.807) is 7.05 Å². The second-order valence-corrected chi connectivity index (χ2v) is 3.50. The minimum absolute atomic E-state index is 0.745. The molecule has 0 fully saturated rings. The molecule has 0 bridgehead atoms. The second kappa shape index (κ2) is 4.97. The SMILES string of the molecule is C/C=C\C(=NC)c1cc(C)ccc1Cl. The van der Waals surface area contributed by atoms with E-state index in [1.165, 1.54) is 5.56 Å². The van der Waals surface area contributed by atoms with Crippen molar-refractivity contribution in [3.8, 4) is 0 Å². The summed E-state index contributed by atoms with van der Waals surface area (Å²) in [6.07, 6.45) is 3.92. The Morgan fingerprint density at radius 3 is 2.71 bits per heavy atom. The zero-order chi connectivity index (χ0) is 10.6. The van der Waals surface area contributed by atoms with Gasteiger partial charge in [0.2, 0.25) is 0 Å². The van der Waals surface area contributed by atoms with Crippen molar-refractivity contribution in [1.29, 1.82) is 0 Å². The Morgan fingerprint density at radius 1 is 1.43 bits per heavy atom. The third-order valence-corrected chi connectivity index (χ3v) is 2.29. The largest absolute Gasteiger partial charge is 0.288 e. The third kappa shape index (κ3) is 2.46. The lowest BCUT2D eigenvalue weighted by Crippen LogP contribution is -1.98. The zero-order valence-electron chi connectivity index (χ0n) is 8.71. The lowest BCUT2D eigenvalue weighted by atomic mass is 10.1. The van der Waals surface area contributed by atoms with Crippen molar-refractivity contribution in [2.75, 3.05) is 7.05 Å². The molecule has 14 heavy (non-hydrogen) atoms. The zero-order valence-corrected chi connectivity index (χ0v) is 9.47. The van der Waals surface area contributed by atoms with Crippen molar-refractivity contribution in [2.45, 2.75) is 13.8 Å². The molecule has 1 aromatic rings. The first-order chi connectivity index (χ1) is 6.69. The highest BCUT2D eigenvalue weighted by Crippen LogP contribution is 2.18. The van der Waals surface area contributed by atoms with Crippen LogP contribution in [0.1, 0.15) is 18.1 Å². The van der Waals surface area contributed by atoms with E-state index in [-0.39, 0.29) is 0 Å². The minimum Gasteiger partial charge on any atom is -0.288 e. The van der Waals surface area contributed by atoms with Crippen LogP contribution in [0, 0.1) is 6.92 Å². The van der Waals surface area contributed by atoms with E-state index < -0.39 is 0 Å². The van der Waals surface area contributed by atoms with E-state index >= 15 is 0 Å². The number of allylic oxidation sites excluding steroid dienone is 2. The summed E-state index contributed by atoms with van der Waals surface area (Å²) in [6, 6.07) is 5.94. The van der Waals surface area contributed by atoms with Gasteiger partial charge in [-0.3, -0.25) is 4.99 Å². The predicted octanol–water partition coefficient (Wildman–Crippen LogP) is 3.64. The van der Waals surface area contributed by atoms with Gasteiger partial charge in [0.15, 0.2) is 0 Å². The van der Waals surface area contributed by atoms with Crippen molar-refractivity contribution >= 4 is 17.3 Å². The molecule has 0 spiro atoms. The van der Waals surface area contributed by atoms with Crippen molar-refractivity contribution in [3.63, 3.8) is 0 Å². The van der Waals surface area contributed by atoms with Crippen LogP contribution in [-0.4, -0.2) is 12.8 Å². The van der Waals surface area contributed by atoms with E-state index in [4.69, 9.17) is 11.6 Å². The number of nitrogens with zero attached hydrogens (tertiary/aromatic N) is 1. The monoisotopic (exact) mass is 207 g/mol. The molecule has 0 saturated carbocycles. The molecule has 0 heterocycles. The molecule has 1 aromatic carbocycles. The Kier molecular flexibility index (Phi) is 3.90. The fourth-order valence-corrected chi connectivity index (χ4v) is 1.49. The average molecular weight is 208 g/mol. The van der Waals surface area contributed by atoms with Gasteiger partial charge in [-0.1, -0.05) is 29.3 Å². The first-order valence-corrected chi connectivity index (χ1v) is 4.93. The van der Waals surface area contributed by atoms with E-state index in [0.717, 1.165) is 16.3 Å². The van der Waals surface area contributed by atoms with E-state index in [1.807, 2.05) is 44.2 Å². The molecule has 0 N–H and O–H groups in total. The van der Waals surface area contributed by atoms with E-state index in [9.17, 15) is 0 Å². The van der Waals surface area contributed by atoms with Crippen LogP contribution in [0.25, 0.3) is 0 Å². The number of aliphatic imine (C=N–C) groups is 1. The molecule has 1 rings (SSSR count). The summed E-state index contributed by atoms with van der Waals surface area (Å²) in [5.41, 5.74) is 3.10. The number of rotatable bonds is 2. The molecule has 0 unspecified atom stereocenters. The summed E-state index contributed by atoms with van der Waals surface area (Å²) in [5, 5.41) is 0.745. The molecule has 0 saturated heterocycles. The highest BCUT2D eigenvalue weighted by molar-refractivity contribution is 6.35. The molecular formula is C12H14ClN. The van der Waals surface area contributed by atoms with Crippen molar-refractivity contribution in [2.24, 2.45) is 4.99 Å². The molecule has 0 atom stereocenters. The Morgan fingerprint density at radius 2 is 2.14 bits per heavy atom. The van der Waals surface area contributed by atoms with Gasteiger partial charge in [0.25, 0.3) is 0 Å². The molecule has 0 aliphatic rings. The predicted molar refractivity (Wildman–Crippen MR) is 63.5 cm³/mol. The molecule has 0 aliphatic heterocycles. The van der Waals surface area contributed by atoms with Crippen LogP contribution in [-0.2, 0) is 0 Å².